The van der Waals surface area contributed by atoms with Crippen molar-refractivity contribution in [3.63, 3.8) is 0 Å². The minimum atomic E-state index is -0.479. The summed E-state index contributed by atoms with van der Waals surface area (Å²) in [4.78, 5) is 27.5. The number of pyridine rings is 1. The van der Waals surface area contributed by atoms with Gasteiger partial charge in [0, 0.05) is 61.1 Å². The number of aromatic nitrogens is 3. The fraction of sp³-hybridized carbons (Fsp3) is 0.280. The van der Waals surface area contributed by atoms with Crippen LogP contribution in [0.15, 0.2) is 52.8 Å². The van der Waals surface area contributed by atoms with Crippen LogP contribution in [0.3, 0.4) is 0 Å². The molecule has 1 spiro atoms. The zero-order valence-electron chi connectivity index (χ0n) is 19.5. The Bertz CT molecular complexity index is 1370. The summed E-state index contributed by atoms with van der Waals surface area (Å²) in [5, 5.41) is 3.61. The maximum Gasteiger partial charge on any atom is 0.295 e. The number of hydrogen-bond acceptors (Lipinski definition) is 9. The average molecular weight is 522 g/mol. The lowest BCUT2D eigenvalue weighted by Gasteiger charge is -2.41. The molecule has 1 saturated heterocycles. The van der Waals surface area contributed by atoms with Crippen LogP contribution in [0.4, 0.5) is 11.6 Å². The van der Waals surface area contributed by atoms with Gasteiger partial charge in [-0.15, -0.1) is 0 Å². The fourth-order valence-corrected chi connectivity index (χ4v) is 5.39. The summed E-state index contributed by atoms with van der Waals surface area (Å²) in [6.07, 6.45) is 6.59. The first-order valence-corrected chi connectivity index (χ1v) is 12.5. The van der Waals surface area contributed by atoms with Gasteiger partial charge in [0.1, 0.15) is 28.0 Å². The Morgan fingerprint density at radius 2 is 2.06 bits per heavy atom. The second-order valence-corrected chi connectivity index (χ2v) is 9.98. The summed E-state index contributed by atoms with van der Waals surface area (Å²) in [6.45, 7) is 1.47. The SMILES string of the molecule is CNC(=O)C#Cc1ccc2c(c1)[C@@H](N)C1(CCN(c3cnc(Sc4ccnc(N)c4Cl)cn3)CC1)O2. The van der Waals surface area contributed by atoms with Crippen molar-refractivity contribution in [2.45, 2.75) is 34.4 Å². The van der Waals surface area contributed by atoms with Gasteiger partial charge < -0.3 is 26.4 Å². The molecule has 0 bridgehead atoms. The first-order valence-electron chi connectivity index (χ1n) is 11.4. The molecule has 9 nitrogen and oxygen atoms in total. The number of nitrogen functional groups attached to an aromatic ring is 1. The van der Waals surface area contributed by atoms with Crippen molar-refractivity contribution < 1.29 is 9.53 Å². The van der Waals surface area contributed by atoms with E-state index in [2.05, 4.69) is 37.0 Å². The molecule has 4 heterocycles. The number of anilines is 2. The van der Waals surface area contributed by atoms with Crippen molar-refractivity contribution in [1.82, 2.24) is 20.3 Å². The molecule has 0 radical (unpaired) electrons. The molecule has 1 fully saturated rings. The van der Waals surface area contributed by atoms with Crippen LogP contribution in [0.25, 0.3) is 0 Å². The third kappa shape index (κ3) is 4.65. The first kappa shape index (κ1) is 24.2. The standard InChI is InChI=1S/C25H24ClN7O2S/c1-29-20(34)5-3-15-2-4-17-16(12-15)23(27)25(35-17)7-10-33(11-8-25)19-13-32-21(14-31-19)36-18-6-9-30-24(28)22(18)26/h2,4,6,9,12-14,23H,7-8,10-11,27H2,1H3,(H2,28,30)(H,29,34)/t23-/m1/s1. The molecule has 5 N–H and O–H groups in total. The number of rotatable bonds is 3. The molecule has 2 aliphatic heterocycles. The van der Waals surface area contributed by atoms with E-state index in [1.807, 2.05) is 18.2 Å². The van der Waals surface area contributed by atoms with E-state index in [1.54, 1.807) is 31.7 Å². The maximum atomic E-state index is 11.4. The Morgan fingerprint density at radius 3 is 2.78 bits per heavy atom. The molecule has 11 heteroatoms. The number of fused-ring (bicyclic) bond motifs is 1. The van der Waals surface area contributed by atoms with Gasteiger partial charge in [-0.05, 0) is 24.3 Å². The minimum Gasteiger partial charge on any atom is -0.485 e. The predicted molar refractivity (Wildman–Crippen MR) is 139 cm³/mol. The highest BCUT2D eigenvalue weighted by Gasteiger charge is 2.48. The van der Waals surface area contributed by atoms with Gasteiger partial charge in [0.15, 0.2) is 0 Å². The second-order valence-electron chi connectivity index (χ2n) is 8.54. The van der Waals surface area contributed by atoms with Crippen molar-refractivity contribution >= 4 is 40.9 Å². The fourth-order valence-electron chi connectivity index (χ4n) is 4.41. The largest absolute Gasteiger partial charge is 0.485 e. The molecule has 184 valence electrons. The van der Waals surface area contributed by atoms with Gasteiger partial charge in [0.05, 0.1) is 23.5 Å². The average Bonchev–Trinajstić information content (AvgIpc) is 3.16. The molecule has 5 rings (SSSR count). The first-order chi connectivity index (χ1) is 17.4. The van der Waals surface area contributed by atoms with Gasteiger partial charge in [-0.3, -0.25) is 4.79 Å². The molecular weight excluding hydrogens is 498 g/mol. The van der Waals surface area contributed by atoms with Crippen molar-refractivity contribution in [3.8, 4) is 17.6 Å². The van der Waals surface area contributed by atoms with Gasteiger partial charge in [0.25, 0.3) is 5.91 Å². The lowest BCUT2D eigenvalue weighted by molar-refractivity contribution is -0.115. The Balaban J connectivity index is 1.24. The Kier molecular flexibility index (Phi) is 6.62. The van der Waals surface area contributed by atoms with Crippen molar-refractivity contribution in [2.75, 3.05) is 30.8 Å². The topological polar surface area (TPSA) is 132 Å². The number of carbonyl (C=O) groups is 1. The Morgan fingerprint density at radius 1 is 1.25 bits per heavy atom. The van der Waals surface area contributed by atoms with Crippen molar-refractivity contribution in [2.24, 2.45) is 5.73 Å². The molecule has 36 heavy (non-hydrogen) atoms. The van der Waals surface area contributed by atoms with Crippen molar-refractivity contribution in [3.05, 3.63) is 59.0 Å². The summed E-state index contributed by atoms with van der Waals surface area (Å²) in [5.41, 5.74) is 13.6. The van der Waals surface area contributed by atoms with E-state index in [9.17, 15) is 4.79 Å². The lowest BCUT2D eigenvalue weighted by atomic mass is 9.83. The monoisotopic (exact) mass is 521 g/mol. The number of carbonyl (C=O) groups excluding carboxylic acids is 1. The quantitative estimate of drug-likeness (QED) is 0.445. The van der Waals surface area contributed by atoms with E-state index in [0.29, 0.717) is 10.0 Å². The normalized spacial score (nSPS) is 17.6. The Hall–Kier alpha value is -3.52. The number of nitrogens with two attached hydrogens (primary N) is 2. The predicted octanol–water partition coefficient (Wildman–Crippen LogP) is 2.79. The highest BCUT2D eigenvalue weighted by Crippen LogP contribution is 2.47. The number of amides is 1. The van der Waals surface area contributed by atoms with E-state index >= 15 is 0 Å². The summed E-state index contributed by atoms with van der Waals surface area (Å²) in [6, 6.07) is 7.16. The van der Waals surface area contributed by atoms with Crippen LogP contribution in [0, 0.1) is 11.8 Å². The second kappa shape index (κ2) is 9.85. The molecule has 2 aliphatic rings. The third-order valence-electron chi connectivity index (χ3n) is 6.42. The van der Waals surface area contributed by atoms with Crippen LogP contribution in [0.1, 0.15) is 30.0 Å². The Labute approximate surface area is 218 Å². The van der Waals surface area contributed by atoms with Crippen LogP contribution in [0.5, 0.6) is 5.75 Å². The molecule has 0 aliphatic carbocycles. The summed E-state index contributed by atoms with van der Waals surface area (Å²) >= 11 is 7.62. The molecule has 0 saturated carbocycles. The third-order valence-corrected chi connectivity index (χ3v) is 7.91. The molecule has 1 atom stereocenters. The molecule has 3 aromatic rings. The number of ether oxygens (including phenoxy) is 1. The van der Waals surface area contributed by atoms with E-state index in [4.69, 9.17) is 27.8 Å². The smallest absolute Gasteiger partial charge is 0.295 e. The van der Waals surface area contributed by atoms with E-state index in [0.717, 1.165) is 53.5 Å². The maximum absolute atomic E-state index is 11.4. The van der Waals surface area contributed by atoms with Crippen LogP contribution in [0.2, 0.25) is 5.02 Å². The summed E-state index contributed by atoms with van der Waals surface area (Å²) in [5.74, 6) is 6.96. The van der Waals surface area contributed by atoms with Gasteiger partial charge >= 0.3 is 0 Å². The lowest BCUT2D eigenvalue weighted by Crippen LogP contribution is -2.51. The molecule has 2 aromatic heterocycles. The number of nitrogens with one attached hydrogen (secondary N) is 1. The molecule has 1 aromatic carbocycles. The van der Waals surface area contributed by atoms with Gasteiger partial charge in [-0.2, -0.15) is 0 Å². The van der Waals surface area contributed by atoms with Gasteiger partial charge in [-0.1, -0.05) is 29.3 Å². The van der Waals surface area contributed by atoms with E-state index in [1.165, 1.54) is 11.8 Å². The zero-order chi connectivity index (χ0) is 25.3. The van der Waals surface area contributed by atoms with Crippen LogP contribution >= 0.6 is 23.4 Å². The number of halogens is 1. The number of benzene rings is 1. The van der Waals surface area contributed by atoms with Crippen molar-refractivity contribution in [1.29, 1.82) is 0 Å². The van der Waals surface area contributed by atoms with Crippen LogP contribution in [-0.4, -0.2) is 46.6 Å². The zero-order valence-corrected chi connectivity index (χ0v) is 21.1. The summed E-state index contributed by atoms with van der Waals surface area (Å²) < 4.78 is 6.39. The molecular formula is C25H24ClN7O2S. The van der Waals surface area contributed by atoms with E-state index in [-0.39, 0.29) is 17.8 Å². The van der Waals surface area contributed by atoms with Gasteiger partial charge in [-0.25, -0.2) is 15.0 Å². The minimum absolute atomic E-state index is 0.279. The summed E-state index contributed by atoms with van der Waals surface area (Å²) in [7, 11) is 1.55. The number of piperidine rings is 1. The number of nitrogens with zero attached hydrogens (tertiary/aromatic N) is 4. The van der Waals surface area contributed by atoms with Crippen LogP contribution < -0.4 is 26.4 Å². The highest BCUT2D eigenvalue weighted by molar-refractivity contribution is 7.99. The molecule has 0 unspecified atom stereocenters. The number of hydrogen-bond donors (Lipinski definition) is 3. The molecule has 1 amide bonds. The van der Waals surface area contributed by atoms with E-state index < -0.39 is 5.60 Å². The van der Waals surface area contributed by atoms with Gasteiger partial charge in [0.2, 0.25) is 0 Å². The highest BCUT2D eigenvalue weighted by atomic mass is 35.5. The van der Waals surface area contributed by atoms with Crippen LogP contribution in [-0.2, 0) is 4.79 Å².